The summed E-state index contributed by atoms with van der Waals surface area (Å²) in [5.41, 5.74) is 4.12. The molecule has 0 aromatic heterocycles. The lowest BCUT2D eigenvalue weighted by molar-refractivity contribution is 1.13. The first-order chi connectivity index (χ1) is 8.81. The lowest BCUT2D eigenvalue weighted by Crippen LogP contribution is -1.85. The Morgan fingerprint density at radius 3 is 1.78 bits per heavy atom. The largest absolute Gasteiger partial charge is 0.388 e. The SMILES string of the molecule is CCc1ccc(N=Nc2ccc(NC)cc2)cc1. The van der Waals surface area contributed by atoms with E-state index < -0.39 is 0 Å². The molecule has 2 aromatic rings. The molecule has 1 N–H and O–H groups in total. The fraction of sp³-hybridized carbons (Fsp3) is 0.200. The van der Waals surface area contributed by atoms with Crippen LogP contribution in [0.5, 0.6) is 0 Å². The summed E-state index contributed by atoms with van der Waals surface area (Å²) in [5.74, 6) is 0. The lowest BCUT2D eigenvalue weighted by Gasteiger charge is -1.99. The Morgan fingerprint density at radius 1 is 0.833 bits per heavy atom. The molecule has 0 aliphatic rings. The van der Waals surface area contributed by atoms with Crippen molar-refractivity contribution in [3.8, 4) is 0 Å². The number of rotatable bonds is 4. The standard InChI is InChI=1S/C15H17N3/c1-3-12-4-6-14(7-5-12)17-18-15-10-8-13(16-2)9-11-15/h4-11,16H,3H2,1-2H3. The van der Waals surface area contributed by atoms with Gasteiger partial charge in [-0.1, -0.05) is 19.1 Å². The summed E-state index contributed by atoms with van der Waals surface area (Å²) >= 11 is 0. The molecule has 0 saturated heterocycles. The van der Waals surface area contributed by atoms with Crippen molar-refractivity contribution in [3.05, 3.63) is 54.1 Å². The van der Waals surface area contributed by atoms with Crippen molar-refractivity contribution >= 4 is 17.1 Å². The molecule has 0 radical (unpaired) electrons. The van der Waals surface area contributed by atoms with Crippen LogP contribution in [0.25, 0.3) is 0 Å². The molecule has 0 saturated carbocycles. The molecule has 0 unspecified atom stereocenters. The van der Waals surface area contributed by atoms with E-state index in [0.717, 1.165) is 23.5 Å². The zero-order valence-corrected chi connectivity index (χ0v) is 10.7. The number of hydrogen-bond donors (Lipinski definition) is 1. The van der Waals surface area contributed by atoms with Gasteiger partial charge in [0.1, 0.15) is 0 Å². The molecule has 0 atom stereocenters. The van der Waals surface area contributed by atoms with Gasteiger partial charge in [-0.3, -0.25) is 0 Å². The van der Waals surface area contributed by atoms with Gasteiger partial charge in [-0.15, -0.1) is 0 Å². The molecule has 0 aliphatic heterocycles. The van der Waals surface area contributed by atoms with Crippen molar-refractivity contribution in [2.24, 2.45) is 10.2 Å². The highest BCUT2D eigenvalue weighted by Gasteiger charge is 1.93. The van der Waals surface area contributed by atoms with Crippen LogP contribution < -0.4 is 5.32 Å². The van der Waals surface area contributed by atoms with Crippen LogP contribution in [0.1, 0.15) is 12.5 Å². The fourth-order valence-corrected chi connectivity index (χ4v) is 1.61. The molecule has 92 valence electrons. The van der Waals surface area contributed by atoms with Crippen molar-refractivity contribution in [3.63, 3.8) is 0 Å². The summed E-state index contributed by atoms with van der Waals surface area (Å²) in [7, 11) is 1.89. The van der Waals surface area contributed by atoms with Gasteiger partial charge in [0.05, 0.1) is 11.4 Å². The Bertz CT molecular complexity index is 463. The van der Waals surface area contributed by atoms with Gasteiger partial charge in [-0.05, 0) is 48.4 Å². The van der Waals surface area contributed by atoms with Crippen molar-refractivity contribution in [2.75, 3.05) is 12.4 Å². The molecule has 0 spiro atoms. The molecular weight excluding hydrogens is 222 g/mol. The molecule has 2 rings (SSSR count). The zero-order valence-electron chi connectivity index (χ0n) is 10.7. The molecule has 0 fully saturated rings. The zero-order chi connectivity index (χ0) is 12.8. The van der Waals surface area contributed by atoms with Crippen molar-refractivity contribution in [1.29, 1.82) is 0 Å². The van der Waals surface area contributed by atoms with Gasteiger partial charge in [0.25, 0.3) is 0 Å². The quantitative estimate of drug-likeness (QED) is 0.771. The van der Waals surface area contributed by atoms with E-state index in [0.29, 0.717) is 0 Å². The number of aryl methyl sites for hydroxylation is 1. The number of benzene rings is 2. The Balaban J connectivity index is 2.08. The molecule has 0 bridgehead atoms. The molecular formula is C15H17N3. The lowest BCUT2D eigenvalue weighted by atomic mass is 10.2. The molecule has 0 amide bonds. The third kappa shape index (κ3) is 3.17. The second-order valence-corrected chi connectivity index (χ2v) is 4.02. The minimum Gasteiger partial charge on any atom is -0.388 e. The van der Waals surface area contributed by atoms with Crippen LogP contribution in [0.2, 0.25) is 0 Å². The third-order valence-electron chi connectivity index (χ3n) is 2.78. The van der Waals surface area contributed by atoms with E-state index in [9.17, 15) is 0 Å². The second kappa shape index (κ2) is 5.96. The summed E-state index contributed by atoms with van der Waals surface area (Å²) in [6.45, 7) is 2.14. The van der Waals surface area contributed by atoms with Gasteiger partial charge in [0, 0.05) is 12.7 Å². The summed E-state index contributed by atoms with van der Waals surface area (Å²) in [5, 5.41) is 11.5. The fourth-order valence-electron chi connectivity index (χ4n) is 1.61. The molecule has 2 aromatic carbocycles. The van der Waals surface area contributed by atoms with E-state index in [-0.39, 0.29) is 0 Å². The summed E-state index contributed by atoms with van der Waals surface area (Å²) in [4.78, 5) is 0. The van der Waals surface area contributed by atoms with Crippen molar-refractivity contribution in [1.82, 2.24) is 0 Å². The van der Waals surface area contributed by atoms with Crippen LogP contribution in [0, 0.1) is 0 Å². The average molecular weight is 239 g/mol. The Labute approximate surface area is 108 Å². The monoisotopic (exact) mass is 239 g/mol. The van der Waals surface area contributed by atoms with Crippen LogP contribution in [0.4, 0.5) is 17.1 Å². The molecule has 18 heavy (non-hydrogen) atoms. The van der Waals surface area contributed by atoms with Crippen LogP contribution in [0.3, 0.4) is 0 Å². The first-order valence-corrected chi connectivity index (χ1v) is 6.10. The molecule has 3 heteroatoms. The van der Waals surface area contributed by atoms with E-state index >= 15 is 0 Å². The highest BCUT2D eigenvalue weighted by atomic mass is 15.1. The van der Waals surface area contributed by atoms with E-state index in [2.05, 4.69) is 34.6 Å². The van der Waals surface area contributed by atoms with Crippen LogP contribution in [-0.4, -0.2) is 7.05 Å². The maximum atomic E-state index is 4.21. The highest BCUT2D eigenvalue weighted by Crippen LogP contribution is 2.20. The first-order valence-electron chi connectivity index (χ1n) is 6.10. The van der Waals surface area contributed by atoms with Gasteiger partial charge in [0.2, 0.25) is 0 Å². The van der Waals surface area contributed by atoms with E-state index in [1.165, 1.54) is 5.56 Å². The Hall–Kier alpha value is -2.16. The predicted molar refractivity (Wildman–Crippen MR) is 76.0 cm³/mol. The summed E-state index contributed by atoms with van der Waals surface area (Å²) in [6.07, 6.45) is 1.04. The van der Waals surface area contributed by atoms with Gasteiger partial charge in [-0.2, -0.15) is 10.2 Å². The Morgan fingerprint density at radius 2 is 1.33 bits per heavy atom. The van der Waals surface area contributed by atoms with Crippen molar-refractivity contribution < 1.29 is 0 Å². The first kappa shape index (κ1) is 12.3. The number of azo groups is 1. The molecule has 3 nitrogen and oxygen atoms in total. The van der Waals surface area contributed by atoms with Crippen LogP contribution in [-0.2, 0) is 6.42 Å². The van der Waals surface area contributed by atoms with Crippen LogP contribution >= 0.6 is 0 Å². The van der Waals surface area contributed by atoms with Crippen LogP contribution in [0.15, 0.2) is 58.8 Å². The normalized spacial score (nSPS) is 10.8. The summed E-state index contributed by atoms with van der Waals surface area (Å²) in [6, 6.07) is 16.0. The van der Waals surface area contributed by atoms with Gasteiger partial charge < -0.3 is 5.32 Å². The van der Waals surface area contributed by atoms with E-state index in [4.69, 9.17) is 0 Å². The highest BCUT2D eigenvalue weighted by molar-refractivity contribution is 5.50. The second-order valence-electron chi connectivity index (χ2n) is 4.02. The molecule has 0 heterocycles. The smallest absolute Gasteiger partial charge is 0.0858 e. The predicted octanol–water partition coefficient (Wildman–Crippen LogP) is 4.71. The van der Waals surface area contributed by atoms with Crippen molar-refractivity contribution in [2.45, 2.75) is 13.3 Å². The minimum absolute atomic E-state index is 0.855. The number of nitrogens with zero attached hydrogens (tertiary/aromatic N) is 2. The topological polar surface area (TPSA) is 36.8 Å². The minimum atomic E-state index is 0.855. The third-order valence-corrected chi connectivity index (χ3v) is 2.78. The number of hydrogen-bond acceptors (Lipinski definition) is 3. The van der Waals surface area contributed by atoms with Gasteiger partial charge in [-0.25, -0.2) is 0 Å². The van der Waals surface area contributed by atoms with E-state index in [1.54, 1.807) is 0 Å². The number of anilines is 1. The summed E-state index contributed by atoms with van der Waals surface area (Å²) < 4.78 is 0. The Kier molecular flexibility index (Phi) is 4.07. The van der Waals surface area contributed by atoms with Gasteiger partial charge in [0.15, 0.2) is 0 Å². The average Bonchev–Trinajstić information content (AvgIpc) is 2.46. The number of nitrogens with one attached hydrogen (secondary N) is 1. The van der Waals surface area contributed by atoms with Gasteiger partial charge >= 0.3 is 0 Å². The molecule has 0 aliphatic carbocycles. The maximum Gasteiger partial charge on any atom is 0.0858 e. The maximum absolute atomic E-state index is 4.21. The van der Waals surface area contributed by atoms with E-state index in [1.807, 2.05) is 43.4 Å².